The lowest BCUT2D eigenvalue weighted by molar-refractivity contribution is -0.138. The monoisotopic (exact) mass is 233 g/mol. The fraction of sp³-hybridized carbons (Fsp3) is 0.455. The summed E-state index contributed by atoms with van der Waals surface area (Å²) < 4.78 is 43.2. The average Bonchev–Trinajstić information content (AvgIpc) is 2.25. The molecule has 0 aliphatic rings. The van der Waals surface area contributed by atoms with E-state index in [-0.39, 0.29) is 17.9 Å². The van der Waals surface area contributed by atoms with Crippen LogP contribution in [0.5, 0.6) is 5.75 Å². The highest BCUT2D eigenvalue weighted by atomic mass is 19.4. The maximum Gasteiger partial charge on any atom is 0.416 e. The minimum absolute atomic E-state index is 0.125. The minimum atomic E-state index is -4.38. The first kappa shape index (κ1) is 12.8. The quantitative estimate of drug-likeness (QED) is 0.871. The summed E-state index contributed by atoms with van der Waals surface area (Å²) in [6.07, 6.45) is -4.38. The molecule has 90 valence electrons. The van der Waals surface area contributed by atoms with E-state index in [1.807, 2.05) is 0 Å². The second-order valence-electron chi connectivity index (χ2n) is 3.56. The first-order valence-electron chi connectivity index (χ1n) is 4.86. The van der Waals surface area contributed by atoms with E-state index >= 15 is 0 Å². The zero-order valence-corrected chi connectivity index (χ0v) is 9.14. The Kier molecular flexibility index (Phi) is 3.80. The number of alkyl halides is 3. The Morgan fingerprint density at radius 1 is 1.38 bits per heavy atom. The number of nitrogens with two attached hydrogens (primary N) is 1. The second-order valence-corrected chi connectivity index (χ2v) is 3.56. The molecule has 0 spiro atoms. The van der Waals surface area contributed by atoms with Crippen LogP contribution in [0, 0.1) is 0 Å². The molecule has 1 aromatic rings. The topological polar surface area (TPSA) is 35.2 Å². The van der Waals surface area contributed by atoms with Gasteiger partial charge in [-0.3, -0.25) is 0 Å². The van der Waals surface area contributed by atoms with E-state index in [1.165, 1.54) is 19.2 Å². The Balaban J connectivity index is 3.38. The number of rotatable bonds is 3. The summed E-state index contributed by atoms with van der Waals surface area (Å²) >= 11 is 0. The fourth-order valence-corrected chi connectivity index (χ4v) is 1.60. The molecule has 2 nitrogen and oxygen atoms in total. The van der Waals surface area contributed by atoms with Gasteiger partial charge in [-0.05, 0) is 24.6 Å². The Hall–Kier alpha value is -1.23. The molecule has 1 aromatic carbocycles. The lowest BCUT2D eigenvalue weighted by atomic mass is 9.94. The minimum Gasteiger partial charge on any atom is -0.496 e. The Morgan fingerprint density at radius 2 is 2.00 bits per heavy atom. The van der Waals surface area contributed by atoms with Crippen LogP contribution in [0.3, 0.4) is 0 Å². The van der Waals surface area contributed by atoms with E-state index in [2.05, 4.69) is 0 Å². The Bertz CT molecular complexity index is 363. The normalized spacial score (nSPS) is 13.6. The zero-order valence-electron chi connectivity index (χ0n) is 9.14. The number of halogens is 3. The largest absolute Gasteiger partial charge is 0.496 e. The predicted octanol–water partition coefficient (Wildman–Crippen LogP) is 2.78. The smallest absolute Gasteiger partial charge is 0.416 e. The van der Waals surface area contributed by atoms with Gasteiger partial charge in [-0.15, -0.1) is 0 Å². The molecule has 0 fully saturated rings. The van der Waals surface area contributed by atoms with Crippen LogP contribution in [0.4, 0.5) is 13.2 Å². The third-order valence-corrected chi connectivity index (χ3v) is 2.44. The molecule has 0 radical (unpaired) electrons. The fourth-order valence-electron chi connectivity index (χ4n) is 1.60. The maximum absolute atomic E-state index is 12.8. The number of methoxy groups -OCH3 is 1. The van der Waals surface area contributed by atoms with Crippen molar-refractivity contribution in [3.63, 3.8) is 0 Å². The van der Waals surface area contributed by atoms with Crippen LogP contribution in [-0.2, 0) is 6.18 Å². The highest BCUT2D eigenvalue weighted by Gasteiger charge is 2.35. The van der Waals surface area contributed by atoms with Crippen molar-refractivity contribution in [2.75, 3.05) is 13.7 Å². The summed E-state index contributed by atoms with van der Waals surface area (Å²) in [5.41, 5.74) is 4.87. The van der Waals surface area contributed by atoms with Crippen molar-refractivity contribution in [2.24, 2.45) is 5.73 Å². The molecule has 0 saturated heterocycles. The van der Waals surface area contributed by atoms with E-state index in [0.29, 0.717) is 0 Å². The average molecular weight is 233 g/mol. The molecule has 1 atom stereocenters. The lowest BCUT2D eigenvalue weighted by Gasteiger charge is -2.19. The Morgan fingerprint density at radius 3 is 2.44 bits per heavy atom. The van der Waals surface area contributed by atoms with E-state index in [4.69, 9.17) is 10.5 Å². The SMILES string of the molecule is COc1cccc(C(F)(F)F)c1C(C)CN. The van der Waals surface area contributed by atoms with Gasteiger partial charge in [0.05, 0.1) is 12.7 Å². The van der Waals surface area contributed by atoms with Gasteiger partial charge >= 0.3 is 6.18 Å². The standard InChI is InChI=1S/C11H14F3NO/c1-7(6-15)10-8(11(12,13)14)4-3-5-9(10)16-2/h3-5,7H,6,15H2,1-2H3. The van der Waals surface area contributed by atoms with E-state index in [1.54, 1.807) is 6.92 Å². The number of ether oxygens (including phenoxy) is 1. The molecule has 0 amide bonds. The molecule has 0 saturated carbocycles. The molecule has 0 bridgehead atoms. The van der Waals surface area contributed by atoms with Crippen LogP contribution >= 0.6 is 0 Å². The summed E-state index contributed by atoms with van der Waals surface area (Å²) in [6, 6.07) is 3.88. The molecular weight excluding hydrogens is 219 g/mol. The molecule has 2 N–H and O–H groups in total. The van der Waals surface area contributed by atoms with Gasteiger partial charge < -0.3 is 10.5 Å². The molecule has 16 heavy (non-hydrogen) atoms. The molecule has 0 aromatic heterocycles. The van der Waals surface area contributed by atoms with Gasteiger partial charge in [-0.25, -0.2) is 0 Å². The summed E-state index contributed by atoms with van der Waals surface area (Å²) in [6.45, 7) is 1.79. The van der Waals surface area contributed by atoms with Gasteiger partial charge in [0.25, 0.3) is 0 Å². The van der Waals surface area contributed by atoms with Crippen molar-refractivity contribution in [3.05, 3.63) is 29.3 Å². The van der Waals surface area contributed by atoms with Crippen molar-refractivity contribution in [1.29, 1.82) is 0 Å². The summed E-state index contributed by atoms with van der Waals surface area (Å²) in [5.74, 6) is -0.166. The van der Waals surface area contributed by atoms with Crippen molar-refractivity contribution < 1.29 is 17.9 Å². The van der Waals surface area contributed by atoms with Crippen molar-refractivity contribution in [3.8, 4) is 5.75 Å². The second kappa shape index (κ2) is 4.74. The van der Waals surface area contributed by atoms with Gasteiger partial charge in [0, 0.05) is 5.56 Å². The summed E-state index contributed by atoms with van der Waals surface area (Å²) in [4.78, 5) is 0. The van der Waals surface area contributed by atoms with Crippen LogP contribution in [0.2, 0.25) is 0 Å². The third kappa shape index (κ3) is 2.47. The van der Waals surface area contributed by atoms with Crippen molar-refractivity contribution in [1.82, 2.24) is 0 Å². The third-order valence-electron chi connectivity index (χ3n) is 2.44. The summed E-state index contributed by atoms with van der Waals surface area (Å²) in [5, 5.41) is 0. The first-order valence-corrected chi connectivity index (χ1v) is 4.86. The van der Waals surface area contributed by atoms with Crippen LogP contribution in [0.15, 0.2) is 18.2 Å². The Labute approximate surface area is 92.2 Å². The lowest BCUT2D eigenvalue weighted by Crippen LogP contribution is -2.17. The summed E-state index contributed by atoms with van der Waals surface area (Å²) in [7, 11) is 1.35. The number of hydrogen-bond donors (Lipinski definition) is 1. The van der Waals surface area contributed by atoms with E-state index in [0.717, 1.165) is 6.07 Å². The van der Waals surface area contributed by atoms with Crippen LogP contribution in [-0.4, -0.2) is 13.7 Å². The molecule has 1 rings (SSSR count). The highest BCUT2D eigenvalue weighted by molar-refractivity contribution is 5.44. The van der Waals surface area contributed by atoms with E-state index in [9.17, 15) is 13.2 Å². The van der Waals surface area contributed by atoms with Gasteiger partial charge in [-0.1, -0.05) is 13.0 Å². The van der Waals surface area contributed by atoms with Gasteiger partial charge in [-0.2, -0.15) is 13.2 Å². The molecular formula is C11H14F3NO. The zero-order chi connectivity index (χ0) is 12.3. The molecule has 1 unspecified atom stereocenters. The van der Waals surface area contributed by atoms with Crippen LogP contribution in [0.25, 0.3) is 0 Å². The molecule has 0 aliphatic carbocycles. The first-order chi connectivity index (χ1) is 7.41. The van der Waals surface area contributed by atoms with Crippen molar-refractivity contribution >= 4 is 0 Å². The van der Waals surface area contributed by atoms with Crippen LogP contribution in [0.1, 0.15) is 24.0 Å². The molecule has 0 heterocycles. The van der Waals surface area contributed by atoms with Crippen LogP contribution < -0.4 is 10.5 Å². The van der Waals surface area contributed by atoms with E-state index < -0.39 is 17.7 Å². The molecule has 5 heteroatoms. The predicted molar refractivity (Wildman–Crippen MR) is 55.5 cm³/mol. The van der Waals surface area contributed by atoms with Crippen molar-refractivity contribution in [2.45, 2.75) is 19.0 Å². The maximum atomic E-state index is 12.8. The van der Waals surface area contributed by atoms with Gasteiger partial charge in [0.15, 0.2) is 0 Å². The highest BCUT2D eigenvalue weighted by Crippen LogP contribution is 2.39. The van der Waals surface area contributed by atoms with Gasteiger partial charge in [0.2, 0.25) is 0 Å². The number of benzene rings is 1. The molecule has 0 aliphatic heterocycles. The van der Waals surface area contributed by atoms with Gasteiger partial charge in [0.1, 0.15) is 5.75 Å². The number of hydrogen-bond acceptors (Lipinski definition) is 2.